The molecule has 0 unspecified atom stereocenters. The Hall–Kier alpha value is -6.98. The molecule has 0 aliphatic carbocycles. The van der Waals surface area contributed by atoms with Gasteiger partial charge in [-0.05, 0) is 270 Å². The third kappa shape index (κ3) is 35.7. The summed E-state index contributed by atoms with van der Waals surface area (Å²) < 4.78 is 69.4. The summed E-state index contributed by atoms with van der Waals surface area (Å²) in [5.41, 5.74) is 5.95. The number of carbonyl (C=O) groups is 4. The minimum atomic E-state index is -1.65. The number of nitrogens with zero attached hydrogens (tertiary/aromatic N) is 10. The van der Waals surface area contributed by atoms with Crippen LogP contribution in [0.3, 0.4) is 0 Å². The Morgan fingerprint density at radius 2 is 0.800 bits per heavy atom. The summed E-state index contributed by atoms with van der Waals surface area (Å²) in [6, 6.07) is 13.5. The topological polar surface area (TPSA) is 435 Å². The lowest BCUT2D eigenvalue weighted by Gasteiger charge is -2.38. The summed E-state index contributed by atoms with van der Waals surface area (Å²) in [7, 11) is 0. The number of halogens is 10. The fraction of sp³-hybridized carbons (Fsp3) is 0.429. The number of nitrogens with two attached hydrogens (primary N) is 1. The fourth-order valence-corrected chi connectivity index (χ4v) is 13.2. The van der Waals surface area contributed by atoms with E-state index in [1.54, 1.807) is 98.4 Å². The number of aromatic nitrogens is 8. The van der Waals surface area contributed by atoms with Crippen molar-refractivity contribution in [3.8, 4) is 41.2 Å². The number of nitrogen functional groups attached to an aromatic ring is 1. The van der Waals surface area contributed by atoms with Crippen LogP contribution in [0.15, 0.2) is 134 Å². The molecule has 1 aliphatic rings. The molecule has 0 aromatic carbocycles. The molecule has 1 aliphatic heterocycles. The van der Waals surface area contributed by atoms with Gasteiger partial charge in [0.15, 0.2) is 11.3 Å². The number of ether oxygens (including phenoxy) is 12. The van der Waals surface area contributed by atoms with Gasteiger partial charge >= 0.3 is 35.3 Å². The van der Waals surface area contributed by atoms with Gasteiger partial charge in [-0.25, -0.2) is 39.9 Å². The molecule has 8 aromatic heterocycles. The van der Waals surface area contributed by atoms with Gasteiger partial charge in [0, 0.05) is 131 Å². The highest BCUT2D eigenvalue weighted by molar-refractivity contribution is 14.1. The Labute approximate surface area is 781 Å². The van der Waals surface area contributed by atoms with Crippen LogP contribution in [0.2, 0.25) is 5.15 Å². The molecular weight excluding hydrogens is 2230 g/mol. The molecule has 0 atom stereocenters. The summed E-state index contributed by atoms with van der Waals surface area (Å²) in [5.74, 6) is -1.12. The van der Waals surface area contributed by atoms with Gasteiger partial charge in [0.2, 0.25) is 40.4 Å². The zero-order chi connectivity index (χ0) is 90.5. The second-order valence-corrected chi connectivity index (χ2v) is 32.8. The van der Waals surface area contributed by atoms with Crippen molar-refractivity contribution < 1.29 is 96.1 Å². The number of hydrogen-bond acceptors (Lipinski definition) is 31. The summed E-state index contributed by atoms with van der Waals surface area (Å²) in [6.07, 6.45) is 12.7. The number of aliphatic hydroxyl groups excluding tert-OH is 2. The number of nitro groups is 2. The third-order valence-corrected chi connectivity index (χ3v) is 19.5. The minimum absolute atomic E-state index is 0.0516. The maximum atomic E-state index is 12.4. The smallest absolute Gasteiger partial charge is 0.332 e. The van der Waals surface area contributed by atoms with Crippen LogP contribution in [0.25, 0.3) is 0 Å². The second-order valence-electron chi connectivity index (χ2n) is 24.0. The first-order valence-corrected chi connectivity index (χ1v) is 44.2. The highest BCUT2D eigenvalue weighted by Gasteiger charge is 2.49. The molecule has 658 valence electrons. The van der Waals surface area contributed by atoms with Crippen molar-refractivity contribution in [3.05, 3.63) is 185 Å². The molecule has 33 nitrogen and oxygen atoms in total. The van der Waals surface area contributed by atoms with Gasteiger partial charge in [0.1, 0.15) is 0 Å². The number of pyridine rings is 8. The molecule has 4 N–H and O–H groups in total. The predicted octanol–water partition coefficient (Wildman–Crippen LogP) is 18.3. The Morgan fingerprint density at radius 3 is 1.22 bits per heavy atom. The monoisotopic (exact) mass is 2320 g/mol. The summed E-state index contributed by atoms with van der Waals surface area (Å²) in [5, 5.41) is 39.4. The lowest BCUT2D eigenvalue weighted by molar-refractivity contribution is -0.386. The van der Waals surface area contributed by atoms with Crippen LogP contribution in [0.5, 0.6) is 41.2 Å². The molecule has 0 radical (unpaired) electrons. The van der Waals surface area contributed by atoms with Crippen LogP contribution >= 0.6 is 162 Å². The van der Waals surface area contributed by atoms with Gasteiger partial charge in [-0.3, -0.25) is 39.4 Å². The molecule has 0 saturated carbocycles. The van der Waals surface area contributed by atoms with E-state index >= 15 is 0 Å². The molecule has 1 saturated heterocycles. The highest BCUT2D eigenvalue weighted by Crippen LogP contribution is 2.40. The van der Waals surface area contributed by atoms with Gasteiger partial charge in [0.05, 0.1) is 118 Å². The van der Waals surface area contributed by atoms with Crippen molar-refractivity contribution in [2.75, 3.05) is 105 Å². The molecule has 9 heterocycles. The minimum Gasteiger partial charge on any atom is -0.478 e. The third-order valence-electron chi connectivity index (χ3n) is 15.0. The lowest BCUT2D eigenvalue weighted by atomic mass is 9.81. The molecular formula is C77H93Br8ClIN11O22. The Kier molecular flexibility index (Phi) is 52.2. The normalized spacial score (nSPS) is 11.4. The Morgan fingerprint density at radius 1 is 0.467 bits per heavy atom. The van der Waals surface area contributed by atoms with E-state index in [0.29, 0.717) is 104 Å². The van der Waals surface area contributed by atoms with Crippen molar-refractivity contribution in [2.45, 2.75) is 119 Å². The average molecular weight is 2330 g/mol. The van der Waals surface area contributed by atoms with Crippen molar-refractivity contribution in [1.82, 2.24) is 39.9 Å². The maximum absolute atomic E-state index is 12.4. The van der Waals surface area contributed by atoms with Gasteiger partial charge < -0.3 is 72.8 Å². The lowest BCUT2D eigenvalue weighted by Crippen LogP contribution is -2.44. The van der Waals surface area contributed by atoms with Crippen molar-refractivity contribution in [1.29, 1.82) is 0 Å². The van der Waals surface area contributed by atoms with E-state index in [1.165, 1.54) is 43.8 Å². The number of aliphatic hydroxyl groups is 2. The zero-order valence-corrected chi connectivity index (χ0v) is 83.4. The fourth-order valence-electron chi connectivity index (χ4n) is 9.28. The van der Waals surface area contributed by atoms with Gasteiger partial charge in [0.25, 0.3) is 5.88 Å². The molecule has 0 amide bonds. The first kappa shape index (κ1) is 109. The van der Waals surface area contributed by atoms with E-state index < -0.39 is 50.5 Å². The van der Waals surface area contributed by atoms with E-state index in [-0.39, 0.29) is 79.2 Å². The van der Waals surface area contributed by atoms with Gasteiger partial charge in [-0.2, -0.15) is 0 Å². The number of anilines is 1. The summed E-state index contributed by atoms with van der Waals surface area (Å²) >= 11 is 33.6. The van der Waals surface area contributed by atoms with Gasteiger partial charge in [-0.1, -0.05) is 25.4 Å². The first-order valence-electron chi connectivity index (χ1n) is 36.4. The molecule has 43 heteroatoms. The van der Waals surface area contributed by atoms with E-state index in [1.807, 2.05) is 39.8 Å². The number of rotatable bonds is 30. The second kappa shape index (κ2) is 57.5. The zero-order valence-electron chi connectivity index (χ0n) is 67.8. The summed E-state index contributed by atoms with van der Waals surface area (Å²) in [6.45, 7) is 30.3. The van der Waals surface area contributed by atoms with E-state index in [9.17, 15) is 49.6 Å². The average Bonchev–Trinajstić information content (AvgIpc) is 0.777. The molecule has 0 spiro atoms. The van der Waals surface area contributed by atoms with Crippen LogP contribution in [0.1, 0.15) is 125 Å². The quantitative estimate of drug-likeness (QED) is 0.00716. The van der Waals surface area contributed by atoms with E-state index in [0.717, 1.165) is 46.1 Å². The van der Waals surface area contributed by atoms with Crippen LogP contribution in [-0.2, 0) is 59.1 Å². The number of esters is 4. The molecule has 1 fully saturated rings. The predicted molar refractivity (Wildman–Crippen MR) is 485 cm³/mol. The van der Waals surface area contributed by atoms with E-state index in [2.05, 4.69) is 203 Å². The van der Waals surface area contributed by atoms with Crippen LogP contribution in [-0.4, -0.2) is 183 Å². The maximum Gasteiger partial charge on any atom is 0.332 e. The Balaban J connectivity index is 0.000000471. The van der Waals surface area contributed by atoms with Crippen LogP contribution < -0.4 is 38.9 Å². The Bertz CT molecular complexity index is 4510. The molecule has 120 heavy (non-hydrogen) atoms. The largest absolute Gasteiger partial charge is 0.478 e. The molecule has 9 rings (SSSR count). The van der Waals surface area contributed by atoms with Crippen molar-refractivity contribution >= 4 is 203 Å². The summed E-state index contributed by atoms with van der Waals surface area (Å²) in [4.78, 5) is 101. The van der Waals surface area contributed by atoms with Crippen LogP contribution in [0.4, 0.5) is 17.1 Å². The van der Waals surface area contributed by atoms with E-state index in [4.69, 9.17) is 74.2 Å². The van der Waals surface area contributed by atoms with Crippen molar-refractivity contribution in [2.24, 2.45) is 0 Å². The number of hydrogen-bond donors (Lipinski definition) is 3. The molecule has 0 bridgehead atoms. The standard InChI is InChI=1S/C15H20BrNO5.C14H18BrNO5.C11H16BrNO3.C11H14BrNO2.C7H7BrINO.C7H7BrN2O3.C7H9BrN2O.C5H2BrClN2O2/c1-5-20-12-11(8-10(16)9-17-12)15(4,13(18)21-6-2)14(19)22-7-3;1-4-19-12-10(7-9(15)8-16-12)11(13(17)20-5-2)14(18)21-6-3;1-3-16-10-9(4-8(12)5-13-10)11(2,6-14)7-15;1-3-15-10-9(4-8(12)5-13-10)11(2)6-14-7-11;1-2-11-7-6(9)3-5(8)4-10-7;1-2-13-7-6(10(11)12)3-5(8)4-9-7;1-2-11-7-6(9)3-5(8)4-10-7;6-3-1-4(9(10)11)5(7)8-2-3/h8-9H,5-7H2,1-4H3;7-8,11H,4-6H2,1-3H3;4-5,14-15H,3,6-7H2,1-2H3;4-5H,3,6-7H2,1-2H3;3-4H,2H2,1H3;3-4H,2H2,1H3;3-4H,2,9H2,1H3;1-2H. The number of carbonyl (C=O) groups excluding carboxylic acids is 4. The SMILES string of the molecule is CCOC(=O)C(C(=O)OCC)c1cc(Br)cnc1OCC.CCOC(=O)C(C)(C(=O)OCC)c1cc(Br)cnc1OCC.CCOc1ncc(Br)cc1C(C)(CO)CO.CCOc1ncc(Br)cc1C1(C)COC1.CCOc1ncc(Br)cc1I.CCOc1ncc(Br)cc1N.CCOc1ncc(Br)cc1[N+](=O)[O-].O=[N+]([O-])c1cc(Br)cnc1Cl. The van der Waals surface area contributed by atoms with Gasteiger partial charge in [-0.15, -0.1) is 0 Å². The highest BCUT2D eigenvalue weighted by atomic mass is 127. The van der Waals surface area contributed by atoms with Crippen molar-refractivity contribution in [3.63, 3.8) is 0 Å². The van der Waals surface area contributed by atoms with Crippen LogP contribution in [0, 0.1) is 23.8 Å². The molecule has 8 aromatic rings. The first-order chi connectivity index (χ1) is 56.9.